The quantitative estimate of drug-likeness (QED) is 0.713. The van der Waals surface area contributed by atoms with Gasteiger partial charge in [0.1, 0.15) is 28.4 Å². The third kappa shape index (κ3) is 5.38. The molecule has 8 nitrogen and oxygen atoms in total. The second-order valence-corrected chi connectivity index (χ2v) is 8.70. The van der Waals surface area contributed by atoms with Crippen molar-refractivity contribution in [3.05, 3.63) is 47.5 Å². The highest BCUT2D eigenvalue weighted by molar-refractivity contribution is 6.03. The van der Waals surface area contributed by atoms with E-state index >= 15 is 0 Å². The van der Waals surface area contributed by atoms with E-state index in [0.717, 1.165) is 32.8 Å². The molecule has 2 aliphatic rings. The van der Waals surface area contributed by atoms with Crippen molar-refractivity contribution in [3.8, 4) is 17.2 Å². The Bertz CT molecular complexity index is 996. The van der Waals surface area contributed by atoms with Crippen LogP contribution < -0.4 is 14.8 Å². The number of rotatable bonds is 6. The Balaban J connectivity index is 1.32. The zero-order valence-corrected chi connectivity index (χ0v) is 18.3. The molecule has 170 valence electrons. The van der Waals surface area contributed by atoms with Crippen LogP contribution >= 0.6 is 0 Å². The smallest absolute Gasteiger partial charge is 0.262 e. The molecule has 0 unspecified atom stereocenters. The zero-order chi connectivity index (χ0) is 22.7. The highest BCUT2D eigenvalue weighted by Crippen LogP contribution is 2.40. The second kappa shape index (κ2) is 9.18. The molecule has 32 heavy (non-hydrogen) atoms. The van der Waals surface area contributed by atoms with Gasteiger partial charge in [-0.1, -0.05) is 12.1 Å². The molecule has 0 bridgehead atoms. The number of morpholine rings is 1. The average molecular weight is 440 g/mol. The van der Waals surface area contributed by atoms with Crippen molar-refractivity contribution < 1.29 is 28.9 Å². The topological polar surface area (TPSA) is 97.3 Å². The SMILES string of the molecule is CC1(C)CC(=O)c2c(O)cc(OCC(=O)Nc3ccc(CN4CCOCC4)cc3)cc2O1. The van der Waals surface area contributed by atoms with Crippen LogP contribution in [0.2, 0.25) is 0 Å². The Morgan fingerprint density at radius 3 is 2.62 bits per heavy atom. The molecule has 2 aliphatic heterocycles. The number of benzene rings is 2. The van der Waals surface area contributed by atoms with Crippen LogP contribution in [0.1, 0.15) is 36.2 Å². The van der Waals surface area contributed by atoms with Crippen molar-refractivity contribution >= 4 is 17.4 Å². The van der Waals surface area contributed by atoms with E-state index in [1.54, 1.807) is 13.8 Å². The number of hydrogen-bond acceptors (Lipinski definition) is 7. The predicted octanol–water partition coefficient (Wildman–Crippen LogP) is 2.99. The van der Waals surface area contributed by atoms with Crippen LogP contribution in [0.5, 0.6) is 17.2 Å². The molecule has 0 aliphatic carbocycles. The Morgan fingerprint density at radius 2 is 1.91 bits per heavy atom. The Morgan fingerprint density at radius 1 is 1.19 bits per heavy atom. The van der Waals surface area contributed by atoms with E-state index in [2.05, 4.69) is 10.2 Å². The summed E-state index contributed by atoms with van der Waals surface area (Å²) >= 11 is 0. The first kappa shape index (κ1) is 22.1. The summed E-state index contributed by atoms with van der Waals surface area (Å²) in [4.78, 5) is 26.9. The molecule has 4 rings (SSSR count). The van der Waals surface area contributed by atoms with Gasteiger partial charge in [-0.25, -0.2) is 0 Å². The molecule has 2 aromatic rings. The van der Waals surface area contributed by atoms with Crippen LogP contribution in [0, 0.1) is 0 Å². The van der Waals surface area contributed by atoms with Gasteiger partial charge in [0.15, 0.2) is 12.4 Å². The van der Waals surface area contributed by atoms with Crippen LogP contribution in [0.15, 0.2) is 36.4 Å². The first-order chi connectivity index (χ1) is 15.3. The van der Waals surface area contributed by atoms with Gasteiger partial charge in [-0.2, -0.15) is 0 Å². The van der Waals surface area contributed by atoms with E-state index in [0.29, 0.717) is 5.69 Å². The lowest BCUT2D eigenvalue weighted by Gasteiger charge is -2.32. The lowest BCUT2D eigenvalue weighted by Crippen LogP contribution is -2.35. The molecule has 0 atom stereocenters. The number of nitrogens with zero attached hydrogens (tertiary/aromatic N) is 1. The van der Waals surface area contributed by atoms with Crippen molar-refractivity contribution in [2.45, 2.75) is 32.4 Å². The minimum absolute atomic E-state index is 0.151. The van der Waals surface area contributed by atoms with E-state index in [1.165, 1.54) is 17.7 Å². The summed E-state index contributed by atoms with van der Waals surface area (Å²) in [6.45, 7) is 7.58. The molecule has 0 saturated carbocycles. The highest BCUT2D eigenvalue weighted by atomic mass is 16.5. The number of hydrogen-bond donors (Lipinski definition) is 2. The fourth-order valence-electron chi connectivity index (χ4n) is 3.89. The van der Waals surface area contributed by atoms with Crippen LogP contribution in [0.3, 0.4) is 0 Å². The van der Waals surface area contributed by atoms with E-state index < -0.39 is 5.60 Å². The number of phenols is 1. The molecule has 8 heteroatoms. The van der Waals surface area contributed by atoms with Gasteiger partial charge in [0.25, 0.3) is 5.91 Å². The normalized spacial score (nSPS) is 17.9. The average Bonchev–Trinajstić information content (AvgIpc) is 2.73. The fraction of sp³-hybridized carbons (Fsp3) is 0.417. The first-order valence-electron chi connectivity index (χ1n) is 10.7. The maximum Gasteiger partial charge on any atom is 0.262 e. The van der Waals surface area contributed by atoms with Gasteiger partial charge >= 0.3 is 0 Å². The van der Waals surface area contributed by atoms with E-state index in [1.807, 2.05) is 24.3 Å². The minimum Gasteiger partial charge on any atom is -0.507 e. The number of phenolic OH excluding ortho intramolecular Hbond substituents is 1. The number of Topliss-reactive ketones (excluding diaryl/α,β-unsaturated/α-hetero) is 1. The van der Waals surface area contributed by atoms with Crippen LogP contribution in [-0.4, -0.2) is 60.2 Å². The molecule has 1 fully saturated rings. The summed E-state index contributed by atoms with van der Waals surface area (Å²) in [5.74, 6) is -0.217. The van der Waals surface area contributed by atoms with Crippen molar-refractivity contribution in [2.24, 2.45) is 0 Å². The Labute approximate surface area is 187 Å². The number of aromatic hydroxyl groups is 1. The maximum absolute atomic E-state index is 12.3. The molecule has 1 amide bonds. The van der Waals surface area contributed by atoms with Gasteiger partial charge in [-0.05, 0) is 31.5 Å². The third-order valence-electron chi connectivity index (χ3n) is 5.42. The van der Waals surface area contributed by atoms with Crippen molar-refractivity contribution in [3.63, 3.8) is 0 Å². The zero-order valence-electron chi connectivity index (χ0n) is 18.3. The van der Waals surface area contributed by atoms with Gasteiger partial charge in [0, 0.05) is 37.5 Å². The summed E-state index contributed by atoms with van der Waals surface area (Å²) in [5, 5.41) is 13.0. The Hall–Kier alpha value is -3.10. The summed E-state index contributed by atoms with van der Waals surface area (Å²) in [6.07, 6.45) is 0.182. The molecule has 1 saturated heterocycles. The number of carbonyl (C=O) groups is 2. The molecule has 2 N–H and O–H groups in total. The summed E-state index contributed by atoms with van der Waals surface area (Å²) < 4.78 is 16.7. The number of ether oxygens (including phenoxy) is 3. The molecule has 0 spiro atoms. The molecule has 0 aromatic heterocycles. The van der Waals surface area contributed by atoms with Gasteiger partial charge in [0.05, 0.1) is 19.6 Å². The van der Waals surface area contributed by atoms with Gasteiger partial charge < -0.3 is 24.6 Å². The summed E-state index contributed by atoms with van der Waals surface area (Å²) in [5.41, 5.74) is 1.33. The molecule has 0 radical (unpaired) electrons. The number of fused-ring (bicyclic) bond motifs is 1. The van der Waals surface area contributed by atoms with E-state index in [9.17, 15) is 14.7 Å². The lowest BCUT2D eigenvalue weighted by atomic mass is 9.92. The van der Waals surface area contributed by atoms with E-state index in [4.69, 9.17) is 14.2 Å². The summed E-state index contributed by atoms with van der Waals surface area (Å²) in [6, 6.07) is 10.6. The second-order valence-electron chi connectivity index (χ2n) is 8.70. The van der Waals surface area contributed by atoms with Gasteiger partial charge in [0.2, 0.25) is 0 Å². The Kier molecular flexibility index (Phi) is 6.34. The molecular formula is C24H28N2O6. The monoisotopic (exact) mass is 440 g/mol. The summed E-state index contributed by atoms with van der Waals surface area (Å²) in [7, 11) is 0. The molecule has 2 aromatic carbocycles. The number of ketones is 1. The van der Waals surface area contributed by atoms with Crippen LogP contribution in [0.4, 0.5) is 5.69 Å². The first-order valence-corrected chi connectivity index (χ1v) is 10.7. The van der Waals surface area contributed by atoms with Crippen molar-refractivity contribution in [1.29, 1.82) is 0 Å². The number of amides is 1. The predicted molar refractivity (Wildman–Crippen MR) is 118 cm³/mol. The van der Waals surface area contributed by atoms with E-state index in [-0.39, 0.29) is 47.5 Å². The number of nitrogens with one attached hydrogen (secondary N) is 1. The number of anilines is 1. The van der Waals surface area contributed by atoms with Gasteiger partial charge in [-0.15, -0.1) is 0 Å². The van der Waals surface area contributed by atoms with Crippen molar-refractivity contribution in [1.82, 2.24) is 4.90 Å². The standard InChI is InChI=1S/C24H28N2O6/c1-24(2)13-20(28)23-19(27)11-18(12-21(23)32-24)31-15-22(29)25-17-5-3-16(4-6-17)14-26-7-9-30-10-8-26/h3-6,11-12,27H,7-10,13-15H2,1-2H3,(H,25,29). The third-order valence-corrected chi connectivity index (χ3v) is 5.42. The lowest BCUT2D eigenvalue weighted by molar-refractivity contribution is -0.118. The molecular weight excluding hydrogens is 412 g/mol. The number of carbonyl (C=O) groups excluding carboxylic acids is 2. The fourth-order valence-corrected chi connectivity index (χ4v) is 3.89. The highest BCUT2D eigenvalue weighted by Gasteiger charge is 2.35. The largest absolute Gasteiger partial charge is 0.507 e. The van der Waals surface area contributed by atoms with Crippen LogP contribution in [-0.2, 0) is 16.1 Å². The molecule has 2 heterocycles. The van der Waals surface area contributed by atoms with Gasteiger partial charge in [-0.3, -0.25) is 14.5 Å². The van der Waals surface area contributed by atoms with Crippen LogP contribution in [0.25, 0.3) is 0 Å². The maximum atomic E-state index is 12.3. The van der Waals surface area contributed by atoms with Crippen molar-refractivity contribution in [2.75, 3.05) is 38.2 Å². The minimum atomic E-state index is -0.666.